The first-order valence-electron chi connectivity index (χ1n) is 9.34. The molecule has 0 aliphatic rings. The van der Waals surface area contributed by atoms with Crippen LogP contribution >= 0.6 is 0 Å². The van der Waals surface area contributed by atoms with Crippen LogP contribution < -0.4 is 4.90 Å². The van der Waals surface area contributed by atoms with Gasteiger partial charge >= 0.3 is 0 Å². The van der Waals surface area contributed by atoms with Crippen molar-refractivity contribution in [1.29, 1.82) is 0 Å². The van der Waals surface area contributed by atoms with E-state index in [1.807, 2.05) is 48.6 Å². The van der Waals surface area contributed by atoms with E-state index in [2.05, 4.69) is 85.8 Å². The maximum atomic E-state index is 3.89. The maximum absolute atomic E-state index is 3.89. The van der Waals surface area contributed by atoms with Crippen molar-refractivity contribution in [2.75, 3.05) is 11.9 Å². The lowest BCUT2D eigenvalue weighted by Gasteiger charge is -2.21. The minimum atomic E-state index is 1.10. The molecule has 0 aliphatic heterocycles. The molecule has 0 radical (unpaired) electrons. The Morgan fingerprint density at radius 2 is 1.11 bits per heavy atom. The van der Waals surface area contributed by atoms with Crippen LogP contribution in [0.1, 0.15) is 11.1 Å². The van der Waals surface area contributed by atoms with Gasteiger partial charge in [0.15, 0.2) is 0 Å². The summed E-state index contributed by atoms with van der Waals surface area (Å²) >= 11 is 0. The van der Waals surface area contributed by atoms with E-state index in [1.54, 1.807) is 0 Å². The first-order chi connectivity index (χ1) is 13.7. The van der Waals surface area contributed by atoms with E-state index in [9.17, 15) is 0 Å². The Bertz CT molecular complexity index is 1040. The highest BCUT2D eigenvalue weighted by Gasteiger charge is 2.06. The molecule has 0 heterocycles. The third-order valence-corrected chi connectivity index (χ3v) is 4.68. The Labute approximate surface area is 167 Å². The number of fused-ring (bicyclic) bond motifs is 1. The highest BCUT2D eigenvalue weighted by Crippen LogP contribution is 2.29. The van der Waals surface area contributed by atoms with Crippen molar-refractivity contribution in [2.45, 2.75) is 0 Å². The van der Waals surface area contributed by atoms with Gasteiger partial charge in [0, 0.05) is 18.4 Å². The van der Waals surface area contributed by atoms with E-state index in [1.165, 1.54) is 16.5 Å². The van der Waals surface area contributed by atoms with Crippen LogP contribution in [0.4, 0.5) is 11.4 Å². The van der Waals surface area contributed by atoms with Crippen molar-refractivity contribution in [3.8, 4) is 0 Å². The van der Waals surface area contributed by atoms with Gasteiger partial charge in [-0.05, 0) is 46.2 Å². The highest BCUT2D eigenvalue weighted by atomic mass is 15.1. The molecule has 0 aliphatic carbocycles. The Hall–Kier alpha value is -3.58. The molecule has 0 fully saturated rings. The minimum absolute atomic E-state index is 1.10. The number of rotatable bonds is 4. The lowest BCUT2D eigenvalue weighted by Crippen LogP contribution is -2.09. The molecule has 0 atom stereocenters. The van der Waals surface area contributed by atoms with E-state index in [0.29, 0.717) is 0 Å². The van der Waals surface area contributed by atoms with E-state index >= 15 is 0 Å². The van der Waals surface area contributed by atoms with Gasteiger partial charge in [0.05, 0.1) is 0 Å². The molecule has 0 bridgehead atoms. The third kappa shape index (κ3) is 4.57. The number of benzene rings is 4. The zero-order chi connectivity index (χ0) is 19.8. The van der Waals surface area contributed by atoms with E-state index in [4.69, 9.17) is 0 Å². The lowest BCUT2D eigenvalue weighted by atomic mass is 10.1. The quantitative estimate of drug-likeness (QED) is 0.361. The first kappa shape index (κ1) is 19.2. The molecular formula is C27H25N. The molecular weight excluding hydrogens is 338 g/mol. The van der Waals surface area contributed by atoms with Gasteiger partial charge in [-0.15, -0.1) is 0 Å². The molecule has 4 aromatic carbocycles. The summed E-state index contributed by atoms with van der Waals surface area (Å²) in [6.07, 6.45) is 3.73. The summed E-state index contributed by atoms with van der Waals surface area (Å²) in [7, 11) is 2.08. The molecule has 0 amide bonds. The van der Waals surface area contributed by atoms with Crippen LogP contribution in [0.3, 0.4) is 0 Å². The summed E-state index contributed by atoms with van der Waals surface area (Å²) < 4.78 is 0. The van der Waals surface area contributed by atoms with Crippen molar-refractivity contribution in [3.05, 3.63) is 121 Å². The fraction of sp³-hybridized carbons (Fsp3) is 0.0370. The second-order valence-electron chi connectivity index (χ2n) is 6.47. The van der Waals surface area contributed by atoms with Gasteiger partial charge < -0.3 is 4.90 Å². The molecule has 1 heteroatoms. The number of nitrogens with zero attached hydrogens (tertiary/aromatic N) is 1. The second-order valence-corrected chi connectivity index (χ2v) is 6.47. The van der Waals surface area contributed by atoms with E-state index in [0.717, 1.165) is 16.8 Å². The summed E-state index contributed by atoms with van der Waals surface area (Å²) in [5, 5.41) is 2.51. The Morgan fingerprint density at radius 3 is 1.71 bits per heavy atom. The number of hydrogen-bond acceptors (Lipinski definition) is 1. The van der Waals surface area contributed by atoms with Gasteiger partial charge in [0.1, 0.15) is 0 Å². The van der Waals surface area contributed by atoms with E-state index in [-0.39, 0.29) is 0 Å². The van der Waals surface area contributed by atoms with Gasteiger partial charge in [-0.25, -0.2) is 0 Å². The molecule has 0 saturated heterocycles. The van der Waals surface area contributed by atoms with Crippen LogP contribution in [0.25, 0.3) is 22.9 Å². The molecule has 0 saturated carbocycles. The number of hydrogen-bond donors (Lipinski definition) is 0. The van der Waals surface area contributed by atoms with Crippen LogP contribution in [0.15, 0.2) is 110 Å². The zero-order valence-electron chi connectivity index (χ0n) is 16.3. The largest absolute Gasteiger partial charge is 0.345 e. The van der Waals surface area contributed by atoms with Crippen LogP contribution in [0.5, 0.6) is 0 Å². The molecule has 4 aromatic rings. The molecule has 28 heavy (non-hydrogen) atoms. The summed E-state index contributed by atoms with van der Waals surface area (Å²) in [5.41, 5.74) is 4.50. The second kappa shape index (κ2) is 9.38. The van der Waals surface area contributed by atoms with Crippen molar-refractivity contribution in [1.82, 2.24) is 0 Å². The molecule has 0 unspecified atom stereocenters. The Morgan fingerprint density at radius 1 is 0.571 bits per heavy atom. The molecule has 0 N–H and O–H groups in total. The van der Waals surface area contributed by atoms with Gasteiger partial charge in [0.25, 0.3) is 0 Å². The summed E-state index contributed by atoms with van der Waals surface area (Å²) in [6, 6.07) is 33.3. The monoisotopic (exact) mass is 363 g/mol. The van der Waals surface area contributed by atoms with Gasteiger partial charge in [-0.2, -0.15) is 0 Å². The van der Waals surface area contributed by atoms with Crippen molar-refractivity contribution in [2.24, 2.45) is 0 Å². The Balaban J connectivity index is 0.000000320. The smallest absolute Gasteiger partial charge is 0.0414 e. The molecule has 0 spiro atoms. The van der Waals surface area contributed by atoms with Gasteiger partial charge in [0.2, 0.25) is 0 Å². The fourth-order valence-corrected chi connectivity index (χ4v) is 3.05. The van der Waals surface area contributed by atoms with Gasteiger partial charge in [-0.3, -0.25) is 0 Å². The van der Waals surface area contributed by atoms with E-state index < -0.39 is 0 Å². The molecule has 1 nitrogen and oxygen atoms in total. The highest BCUT2D eigenvalue weighted by molar-refractivity contribution is 5.87. The average molecular weight is 364 g/mol. The van der Waals surface area contributed by atoms with Gasteiger partial charge in [-0.1, -0.05) is 98.1 Å². The predicted octanol–water partition coefficient (Wildman–Crippen LogP) is 7.58. The number of anilines is 2. The van der Waals surface area contributed by atoms with Crippen LogP contribution in [0, 0.1) is 0 Å². The summed E-state index contributed by atoms with van der Waals surface area (Å²) in [6.45, 7) is 7.73. The van der Waals surface area contributed by atoms with Crippen LogP contribution in [-0.4, -0.2) is 7.05 Å². The van der Waals surface area contributed by atoms with Crippen molar-refractivity contribution >= 4 is 34.3 Å². The molecule has 138 valence electrons. The normalized spacial score (nSPS) is 9.89. The van der Waals surface area contributed by atoms with Crippen LogP contribution in [0.2, 0.25) is 0 Å². The maximum Gasteiger partial charge on any atom is 0.0414 e. The van der Waals surface area contributed by atoms with Crippen molar-refractivity contribution in [3.63, 3.8) is 0 Å². The Kier molecular flexibility index (Phi) is 6.43. The topological polar surface area (TPSA) is 3.24 Å². The first-order valence-corrected chi connectivity index (χ1v) is 9.34. The SMILES string of the molecule is C=Cc1ccc(N(C)c2ccc3ccccc3c2)cc1C=C.c1ccccc1. The van der Waals surface area contributed by atoms with Crippen LogP contribution in [-0.2, 0) is 0 Å². The summed E-state index contributed by atoms with van der Waals surface area (Å²) in [4.78, 5) is 2.19. The molecule has 0 aromatic heterocycles. The minimum Gasteiger partial charge on any atom is -0.345 e. The summed E-state index contributed by atoms with van der Waals surface area (Å²) in [5.74, 6) is 0. The fourth-order valence-electron chi connectivity index (χ4n) is 3.05. The molecule has 4 rings (SSSR count). The average Bonchev–Trinajstić information content (AvgIpc) is 2.79. The van der Waals surface area contributed by atoms with Crippen molar-refractivity contribution < 1.29 is 0 Å². The predicted molar refractivity (Wildman–Crippen MR) is 125 cm³/mol. The zero-order valence-corrected chi connectivity index (χ0v) is 16.3. The lowest BCUT2D eigenvalue weighted by molar-refractivity contribution is 1.21. The third-order valence-electron chi connectivity index (χ3n) is 4.68. The standard InChI is InChI=1S/C21H19N.C6H6/c1-4-16-10-12-20(14-17(16)5-2)22(3)21-13-11-18-8-6-7-9-19(18)15-21;1-2-4-6-5-3-1/h4-15H,1-2H2,3H3;1-6H.